The van der Waals surface area contributed by atoms with Crippen LogP contribution in [0, 0.1) is 0 Å². The van der Waals surface area contributed by atoms with E-state index in [2.05, 4.69) is 74.5 Å². The van der Waals surface area contributed by atoms with Gasteiger partial charge in [-0.15, -0.1) is 0 Å². The molecule has 7 aromatic rings. The van der Waals surface area contributed by atoms with E-state index in [1.807, 2.05) is 72.8 Å². The summed E-state index contributed by atoms with van der Waals surface area (Å²) >= 11 is 6.89. The van der Waals surface area contributed by atoms with E-state index in [4.69, 9.17) is 26.6 Å². The number of hydrogen-bond donors (Lipinski definition) is 0. The first kappa shape index (κ1) is 26.5. The van der Waals surface area contributed by atoms with Crippen molar-refractivity contribution in [1.29, 1.82) is 0 Å². The zero-order valence-electron chi connectivity index (χ0n) is 24.4. The highest BCUT2D eigenvalue weighted by Gasteiger charge is 2.37. The van der Waals surface area contributed by atoms with Gasteiger partial charge in [-0.3, -0.25) is 0 Å². The van der Waals surface area contributed by atoms with Crippen molar-refractivity contribution >= 4 is 22.4 Å². The van der Waals surface area contributed by atoms with E-state index >= 15 is 0 Å². The van der Waals surface area contributed by atoms with Gasteiger partial charge in [0.2, 0.25) is 0 Å². The second-order valence-electron chi connectivity index (χ2n) is 11.8. The van der Waals surface area contributed by atoms with Gasteiger partial charge in [0.05, 0.1) is 0 Å². The SMILES string of the molecule is CC1(C)c2ccccc2-c2c1cc(-c1cc(Cl)cc(-c3nc(-c4ccccc4)nc(-c4ccccc4)n3)c1)c1ccccc21. The third-order valence-electron chi connectivity index (χ3n) is 8.75. The molecular formula is C40H28ClN3. The third kappa shape index (κ3) is 4.32. The molecule has 0 bridgehead atoms. The number of nitrogens with zero attached hydrogens (tertiary/aromatic N) is 3. The monoisotopic (exact) mass is 585 g/mol. The zero-order valence-corrected chi connectivity index (χ0v) is 25.2. The number of hydrogen-bond acceptors (Lipinski definition) is 3. The maximum Gasteiger partial charge on any atom is 0.164 e. The minimum atomic E-state index is -0.129. The minimum Gasteiger partial charge on any atom is -0.208 e. The molecule has 4 heteroatoms. The van der Waals surface area contributed by atoms with Crippen molar-refractivity contribution in [3.8, 4) is 56.4 Å². The Balaban J connectivity index is 1.35. The van der Waals surface area contributed by atoms with Gasteiger partial charge >= 0.3 is 0 Å². The average molecular weight is 586 g/mol. The van der Waals surface area contributed by atoms with Gasteiger partial charge in [-0.2, -0.15) is 0 Å². The standard InChI is InChI=1S/C40H28ClN3/c1-40(2)34-20-12-11-19-32(34)36-31-18-10-9-17-30(31)33(24-35(36)40)27-21-28(23-29(41)22-27)39-43-37(25-13-5-3-6-14-25)42-38(44-39)26-15-7-4-8-16-26/h3-24H,1-2H3. The lowest BCUT2D eigenvalue weighted by molar-refractivity contribution is 0.661. The number of benzene rings is 6. The molecule has 1 aromatic heterocycles. The van der Waals surface area contributed by atoms with Gasteiger partial charge in [0.1, 0.15) is 0 Å². The minimum absolute atomic E-state index is 0.129. The number of rotatable bonds is 4. The van der Waals surface area contributed by atoms with Gasteiger partial charge in [0, 0.05) is 27.1 Å². The summed E-state index contributed by atoms with van der Waals surface area (Å²) in [4.78, 5) is 14.8. The molecule has 0 aliphatic heterocycles. The van der Waals surface area contributed by atoms with Crippen molar-refractivity contribution in [1.82, 2.24) is 15.0 Å². The zero-order chi connectivity index (χ0) is 29.8. The van der Waals surface area contributed by atoms with Crippen LogP contribution in [0.2, 0.25) is 5.02 Å². The van der Waals surface area contributed by atoms with Crippen LogP contribution in [0.1, 0.15) is 25.0 Å². The number of halogens is 1. The first-order valence-corrected chi connectivity index (χ1v) is 15.2. The fraction of sp³-hybridized carbons (Fsp3) is 0.0750. The molecule has 1 heterocycles. The smallest absolute Gasteiger partial charge is 0.164 e. The van der Waals surface area contributed by atoms with E-state index in [9.17, 15) is 0 Å². The Labute approximate surface area is 261 Å². The molecule has 0 fully saturated rings. The van der Waals surface area contributed by atoms with E-state index in [0.717, 1.165) is 27.8 Å². The topological polar surface area (TPSA) is 38.7 Å². The van der Waals surface area contributed by atoms with Crippen LogP contribution in [0.15, 0.2) is 133 Å². The molecule has 0 radical (unpaired) electrons. The third-order valence-corrected chi connectivity index (χ3v) is 8.97. The fourth-order valence-corrected chi connectivity index (χ4v) is 6.84. The van der Waals surface area contributed by atoms with Crippen LogP contribution in [0.3, 0.4) is 0 Å². The van der Waals surface area contributed by atoms with Crippen LogP contribution in [0.5, 0.6) is 0 Å². The van der Waals surface area contributed by atoms with Gasteiger partial charge in [-0.25, -0.2) is 15.0 Å². The molecular weight excluding hydrogens is 558 g/mol. The summed E-state index contributed by atoms with van der Waals surface area (Å²) in [6.45, 7) is 4.64. The van der Waals surface area contributed by atoms with Gasteiger partial charge in [0.25, 0.3) is 0 Å². The predicted molar refractivity (Wildman–Crippen MR) is 182 cm³/mol. The summed E-state index contributed by atoms with van der Waals surface area (Å²) in [6.07, 6.45) is 0. The molecule has 0 N–H and O–H groups in total. The van der Waals surface area contributed by atoms with E-state index in [0.29, 0.717) is 22.5 Å². The summed E-state index contributed by atoms with van der Waals surface area (Å²) in [7, 11) is 0. The normalized spacial score (nSPS) is 13.1. The van der Waals surface area contributed by atoms with Crippen molar-refractivity contribution in [3.63, 3.8) is 0 Å². The Kier molecular flexibility index (Phi) is 6.18. The van der Waals surface area contributed by atoms with E-state index in [-0.39, 0.29) is 5.41 Å². The van der Waals surface area contributed by atoms with Crippen LogP contribution >= 0.6 is 11.6 Å². The Morgan fingerprint density at radius 3 is 1.64 bits per heavy atom. The molecule has 0 saturated carbocycles. The van der Waals surface area contributed by atoms with Crippen LogP contribution in [0.25, 0.3) is 67.2 Å². The van der Waals surface area contributed by atoms with Gasteiger partial charge in [-0.05, 0) is 68.4 Å². The second-order valence-corrected chi connectivity index (χ2v) is 12.3. The molecule has 0 amide bonds. The van der Waals surface area contributed by atoms with Crippen molar-refractivity contribution in [3.05, 3.63) is 150 Å². The highest BCUT2D eigenvalue weighted by molar-refractivity contribution is 6.31. The fourth-order valence-electron chi connectivity index (χ4n) is 6.60. The summed E-state index contributed by atoms with van der Waals surface area (Å²) in [6, 6.07) is 46.1. The Morgan fingerprint density at radius 2 is 0.977 bits per heavy atom. The summed E-state index contributed by atoms with van der Waals surface area (Å²) < 4.78 is 0. The maximum atomic E-state index is 6.89. The van der Waals surface area contributed by atoms with Crippen molar-refractivity contribution in [2.24, 2.45) is 0 Å². The maximum absolute atomic E-state index is 6.89. The Bertz CT molecular complexity index is 2150. The van der Waals surface area contributed by atoms with Crippen molar-refractivity contribution in [2.75, 3.05) is 0 Å². The molecule has 0 unspecified atom stereocenters. The second kappa shape index (κ2) is 10.3. The molecule has 0 spiro atoms. The molecule has 0 atom stereocenters. The first-order valence-electron chi connectivity index (χ1n) is 14.8. The van der Waals surface area contributed by atoms with Crippen LogP contribution < -0.4 is 0 Å². The van der Waals surface area contributed by atoms with Crippen LogP contribution in [-0.2, 0) is 5.41 Å². The lowest BCUT2D eigenvalue weighted by Crippen LogP contribution is -2.15. The molecule has 3 nitrogen and oxygen atoms in total. The molecule has 44 heavy (non-hydrogen) atoms. The highest BCUT2D eigenvalue weighted by Crippen LogP contribution is 2.53. The van der Waals surface area contributed by atoms with Gasteiger partial charge < -0.3 is 0 Å². The Hall–Kier alpha value is -5.12. The summed E-state index contributed by atoms with van der Waals surface area (Å²) in [5.41, 5.74) is 10.1. The van der Waals surface area contributed by atoms with Gasteiger partial charge in [0.15, 0.2) is 17.5 Å². The predicted octanol–water partition coefficient (Wildman–Crippen LogP) is 10.7. The summed E-state index contributed by atoms with van der Waals surface area (Å²) in [5.74, 6) is 1.83. The first-order chi connectivity index (χ1) is 21.5. The molecule has 1 aliphatic carbocycles. The highest BCUT2D eigenvalue weighted by atomic mass is 35.5. The molecule has 210 valence electrons. The van der Waals surface area contributed by atoms with Crippen LogP contribution in [-0.4, -0.2) is 15.0 Å². The van der Waals surface area contributed by atoms with Gasteiger partial charge in [-0.1, -0.05) is 135 Å². The summed E-state index contributed by atoms with van der Waals surface area (Å²) in [5, 5.41) is 3.07. The van der Waals surface area contributed by atoms with E-state index in [1.165, 1.54) is 33.0 Å². The lowest BCUT2D eigenvalue weighted by Gasteiger charge is -2.23. The molecule has 6 aromatic carbocycles. The Morgan fingerprint density at radius 1 is 0.455 bits per heavy atom. The largest absolute Gasteiger partial charge is 0.208 e. The van der Waals surface area contributed by atoms with Crippen molar-refractivity contribution < 1.29 is 0 Å². The molecule has 0 saturated heterocycles. The molecule has 1 aliphatic rings. The number of fused-ring (bicyclic) bond motifs is 5. The quantitative estimate of drug-likeness (QED) is 0.206. The van der Waals surface area contributed by atoms with E-state index < -0.39 is 0 Å². The molecule has 8 rings (SSSR count). The van der Waals surface area contributed by atoms with E-state index in [1.54, 1.807) is 0 Å². The van der Waals surface area contributed by atoms with Crippen LogP contribution in [0.4, 0.5) is 0 Å². The average Bonchev–Trinajstić information content (AvgIpc) is 3.31. The van der Waals surface area contributed by atoms with Crippen molar-refractivity contribution in [2.45, 2.75) is 19.3 Å². The lowest BCUT2D eigenvalue weighted by atomic mass is 9.80. The number of aromatic nitrogens is 3.